The number of carbonyl (C=O) groups is 1. The zero-order valence-electron chi connectivity index (χ0n) is 16.3. The maximum atomic E-state index is 12.6. The second-order valence-electron chi connectivity index (χ2n) is 6.90. The number of hydrogen-bond donors (Lipinski definition) is 0. The van der Waals surface area contributed by atoms with Gasteiger partial charge in [-0.3, -0.25) is 4.79 Å². The summed E-state index contributed by atoms with van der Waals surface area (Å²) < 4.78 is 16.7. The SMILES string of the molecule is COc1nccc(OC2CCCN(C(=O)COc3ccc4ccccc4c3)C2)n1. The van der Waals surface area contributed by atoms with E-state index in [1.807, 2.05) is 42.5 Å². The van der Waals surface area contributed by atoms with Crippen LogP contribution in [0.25, 0.3) is 10.8 Å². The number of rotatable bonds is 6. The van der Waals surface area contributed by atoms with Gasteiger partial charge < -0.3 is 19.1 Å². The molecular weight excluding hydrogens is 370 g/mol. The lowest BCUT2D eigenvalue weighted by Crippen LogP contribution is -2.46. The number of ether oxygens (including phenoxy) is 3. The van der Waals surface area contributed by atoms with E-state index in [-0.39, 0.29) is 24.6 Å². The molecule has 1 saturated heterocycles. The summed E-state index contributed by atoms with van der Waals surface area (Å²) in [7, 11) is 1.51. The molecule has 1 aliphatic rings. The van der Waals surface area contributed by atoms with E-state index >= 15 is 0 Å². The van der Waals surface area contributed by atoms with Gasteiger partial charge in [-0.05, 0) is 35.7 Å². The van der Waals surface area contributed by atoms with Crippen molar-refractivity contribution in [3.05, 3.63) is 54.7 Å². The number of fused-ring (bicyclic) bond motifs is 1. The van der Waals surface area contributed by atoms with Gasteiger partial charge in [-0.15, -0.1) is 0 Å². The summed E-state index contributed by atoms with van der Waals surface area (Å²) in [5.74, 6) is 1.09. The number of methoxy groups -OCH3 is 1. The Morgan fingerprint density at radius 3 is 2.90 bits per heavy atom. The highest BCUT2D eigenvalue weighted by atomic mass is 16.5. The van der Waals surface area contributed by atoms with Gasteiger partial charge in [0.25, 0.3) is 5.91 Å². The minimum Gasteiger partial charge on any atom is -0.484 e. The average Bonchev–Trinajstić information content (AvgIpc) is 2.77. The van der Waals surface area contributed by atoms with Gasteiger partial charge in [-0.2, -0.15) is 4.98 Å². The minimum atomic E-state index is -0.118. The van der Waals surface area contributed by atoms with Crippen molar-refractivity contribution in [1.29, 1.82) is 0 Å². The van der Waals surface area contributed by atoms with Crippen molar-refractivity contribution in [2.24, 2.45) is 0 Å². The topological polar surface area (TPSA) is 73.8 Å². The largest absolute Gasteiger partial charge is 0.484 e. The molecule has 1 aromatic heterocycles. The zero-order valence-corrected chi connectivity index (χ0v) is 16.3. The second-order valence-corrected chi connectivity index (χ2v) is 6.90. The highest BCUT2D eigenvalue weighted by molar-refractivity contribution is 5.84. The predicted molar refractivity (Wildman–Crippen MR) is 108 cm³/mol. The van der Waals surface area contributed by atoms with Crippen LogP contribution in [0.2, 0.25) is 0 Å². The lowest BCUT2D eigenvalue weighted by molar-refractivity contribution is -0.136. The second kappa shape index (κ2) is 8.77. The lowest BCUT2D eigenvalue weighted by atomic mass is 10.1. The summed E-state index contributed by atoms with van der Waals surface area (Å²) in [5.41, 5.74) is 0. The molecule has 1 unspecified atom stereocenters. The molecular formula is C22H23N3O4. The molecule has 0 saturated carbocycles. The first-order valence-electron chi connectivity index (χ1n) is 9.64. The molecule has 4 rings (SSSR count). The Labute approximate surface area is 169 Å². The van der Waals surface area contributed by atoms with Crippen molar-refractivity contribution in [2.45, 2.75) is 18.9 Å². The fraction of sp³-hybridized carbons (Fsp3) is 0.318. The van der Waals surface area contributed by atoms with Gasteiger partial charge in [-0.25, -0.2) is 4.98 Å². The number of amides is 1. The van der Waals surface area contributed by atoms with Gasteiger partial charge in [0, 0.05) is 18.8 Å². The molecule has 150 valence electrons. The standard InChI is InChI=1S/C22H23N3O4/c1-27-22-23-11-10-20(24-22)29-19-7-4-12-25(14-19)21(26)15-28-18-9-8-16-5-2-3-6-17(16)13-18/h2-3,5-6,8-11,13,19H,4,7,12,14-15H2,1H3. The number of benzene rings is 2. The summed E-state index contributed by atoms with van der Waals surface area (Å²) in [6.07, 6.45) is 3.20. The maximum absolute atomic E-state index is 12.6. The van der Waals surface area contributed by atoms with E-state index in [4.69, 9.17) is 14.2 Å². The van der Waals surface area contributed by atoms with Crippen molar-refractivity contribution in [3.63, 3.8) is 0 Å². The van der Waals surface area contributed by atoms with Crippen LogP contribution in [0, 0.1) is 0 Å². The Balaban J connectivity index is 1.33. The van der Waals surface area contributed by atoms with Crippen LogP contribution in [0.4, 0.5) is 0 Å². The molecule has 29 heavy (non-hydrogen) atoms. The average molecular weight is 393 g/mol. The van der Waals surface area contributed by atoms with E-state index in [1.54, 1.807) is 17.2 Å². The first-order chi connectivity index (χ1) is 14.2. The van der Waals surface area contributed by atoms with Crippen LogP contribution in [-0.4, -0.2) is 53.7 Å². The molecule has 0 aliphatic carbocycles. The fourth-order valence-electron chi connectivity index (χ4n) is 3.41. The van der Waals surface area contributed by atoms with Gasteiger partial charge >= 0.3 is 6.01 Å². The third kappa shape index (κ3) is 4.74. The van der Waals surface area contributed by atoms with Gasteiger partial charge in [0.05, 0.1) is 13.7 Å². The van der Waals surface area contributed by atoms with Gasteiger partial charge in [0.15, 0.2) is 6.61 Å². The quantitative estimate of drug-likeness (QED) is 0.641. The van der Waals surface area contributed by atoms with E-state index < -0.39 is 0 Å². The van der Waals surface area contributed by atoms with Crippen LogP contribution in [0.3, 0.4) is 0 Å². The molecule has 0 spiro atoms. The van der Waals surface area contributed by atoms with Gasteiger partial charge in [0.1, 0.15) is 11.9 Å². The Hall–Kier alpha value is -3.35. The van der Waals surface area contributed by atoms with E-state index in [0.717, 1.165) is 23.6 Å². The smallest absolute Gasteiger partial charge is 0.319 e. The summed E-state index contributed by atoms with van der Waals surface area (Å²) in [6, 6.07) is 15.8. The van der Waals surface area contributed by atoms with Crippen LogP contribution in [0.5, 0.6) is 17.6 Å². The summed E-state index contributed by atoms with van der Waals surface area (Å²) in [6.45, 7) is 1.21. The molecule has 7 nitrogen and oxygen atoms in total. The van der Waals surface area contributed by atoms with Crippen LogP contribution in [0.1, 0.15) is 12.8 Å². The molecule has 1 amide bonds. The molecule has 7 heteroatoms. The van der Waals surface area contributed by atoms with Crippen molar-refractivity contribution in [1.82, 2.24) is 14.9 Å². The summed E-state index contributed by atoms with van der Waals surface area (Å²) >= 11 is 0. The Morgan fingerprint density at radius 1 is 1.17 bits per heavy atom. The number of piperidine rings is 1. The summed E-state index contributed by atoms with van der Waals surface area (Å²) in [4.78, 5) is 22.6. The first kappa shape index (κ1) is 19.0. The number of likely N-dealkylation sites (tertiary alicyclic amines) is 1. The molecule has 1 atom stereocenters. The van der Waals surface area contributed by atoms with E-state index in [2.05, 4.69) is 9.97 Å². The normalized spacial score (nSPS) is 16.4. The third-order valence-electron chi connectivity index (χ3n) is 4.89. The molecule has 2 aromatic carbocycles. The molecule has 0 N–H and O–H groups in total. The highest BCUT2D eigenvalue weighted by Gasteiger charge is 2.25. The maximum Gasteiger partial charge on any atom is 0.319 e. The number of aromatic nitrogens is 2. The van der Waals surface area contributed by atoms with E-state index in [9.17, 15) is 4.79 Å². The van der Waals surface area contributed by atoms with Crippen LogP contribution < -0.4 is 14.2 Å². The first-order valence-corrected chi connectivity index (χ1v) is 9.64. The highest BCUT2D eigenvalue weighted by Crippen LogP contribution is 2.21. The van der Waals surface area contributed by atoms with Gasteiger partial charge in [-0.1, -0.05) is 30.3 Å². The molecule has 0 bridgehead atoms. The van der Waals surface area contributed by atoms with Crippen molar-refractivity contribution >= 4 is 16.7 Å². The Bertz CT molecular complexity index is 994. The molecule has 1 fully saturated rings. The van der Waals surface area contributed by atoms with Crippen molar-refractivity contribution in [2.75, 3.05) is 26.8 Å². The molecule has 2 heterocycles. The van der Waals surface area contributed by atoms with Crippen LogP contribution >= 0.6 is 0 Å². The molecule has 3 aromatic rings. The number of hydrogen-bond acceptors (Lipinski definition) is 6. The number of nitrogens with zero attached hydrogens (tertiary/aromatic N) is 3. The van der Waals surface area contributed by atoms with E-state index in [1.165, 1.54) is 7.11 Å². The van der Waals surface area contributed by atoms with Gasteiger partial charge in [0.2, 0.25) is 5.88 Å². The molecule has 0 radical (unpaired) electrons. The van der Waals surface area contributed by atoms with E-state index in [0.29, 0.717) is 24.7 Å². The monoisotopic (exact) mass is 393 g/mol. The Morgan fingerprint density at radius 2 is 2.03 bits per heavy atom. The predicted octanol–water partition coefficient (Wildman–Crippen LogP) is 3.09. The number of carbonyl (C=O) groups excluding carboxylic acids is 1. The van der Waals surface area contributed by atoms with Crippen molar-refractivity contribution in [3.8, 4) is 17.6 Å². The van der Waals surface area contributed by atoms with Crippen LogP contribution in [0.15, 0.2) is 54.7 Å². The zero-order chi connectivity index (χ0) is 20.1. The molecule has 1 aliphatic heterocycles. The lowest BCUT2D eigenvalue weighted by Gasteiger charge is -2.32. The summed E-state index contributed by atoms with van der Waals surface area (Å²) in [5, 5.41) is 2.23. The minimum absolute atomic E-state index is 0.00634. The van der Waals surface area contributed by atoms with Crippen LogP contribution in [-0.2, 0) is 4.79 Å². The van der Waals surface area contributed by atoms with Crippen molar-refractivity contribution < 1.29 is 19.0 Å². The third-order valence-corrected chi connectivity index (χ3v) is 4.89. The Kier molecular flexibility index (Phi) is 5.74. The fourth-order valence-corrected chi connectivity index (χ4v) is 3.41.